The molecule has 0 heterocycles. The smallest absolute Gasteiger partial charge is 0.337 e. The van der Waals surface area contributed by atoms with E-state index in [0.717, 1.165) is 16.8 Å². The summed E-state index contributed by atoms with van der Waals surface area (Å²) >= 11 is 0. The molecular weight excluding hydrogens is 264 g/mol. The van der Waals surface area contributed by atoms with Gasteiger partial charge in [0.05, 0.1) is 18.7 Å². The van der Waals surface area contributed by atoms with Gasteiger partial charge in [-0.15, -0.1) is 0 Å². The zero-order valence-corrected chi connectivity index (χ0v) is 12.0. The standard InChI is InChI=1S/C17H16N2O2/c1-12-3-9-15(10-4-12)19-16(11-18)13-5-7-14(8-6-13)17(20)21-2/h3-10,16,19H,1-2H3. The molecule has 0 bridgehead atoms. The van der Waals surface area contributed by atoms with E-state index in [1.807, 2.05) is 31.2 Å². The van der Waals surface area contributed by atoms with Crippen molar-refractivity contribution in [3.63, 3.8) is 0 Å². The van der Waals surface area contributed by atoms with Crippen molar-refractivity contribution in [1.29, 1.82) is 5.26 Å². The Morgan fingerprint density at radius 1 is 1.14 bits per heavy atom. The van der Waals surface area contributed by atoms with Crippen molar-refractivity contribution in [3.8, 4) is 6.07 Å². The second-order valence-corrected chi connectivity index (χ2v) is 4.69. The number of ether oxygens (including phenoxy) is 1. The number of aryl methyl sites for hydroxylation is 1. The normalized spacial score (nSPS) is 11.3. The summed E-state index contributed by atoms with van der Waals surface area (Å²) in [6.45, 7) is 2.01. The number of benzene rings is 2. The van der Waals surface area contributed by atoms with Gasteiger partial charge >= 0.3 is 5.97 Å². The predicted molar refractivity (Wildman–Crippen MR) is 80.9 cm³/mol. The van der Waals surface area contributed by atoms with Crippen LogP contribution in [0.1, 0.15) is 27.5 Å². The van der Waals surface area contributed by atoms with E-state index < -0.39 is 6.04 Å². The summed E-state index contributed by atoms with van der Waals surface area (Å²) in [5.74, 6) is -0.387. The number of nitriles is 1. The fourth-order valence-corrected chi connectivity index (χ4v) is 1.94. The maximum Gasteiger partial charge on any atom is 0.337 e. The van der Waals surface area contributed by atoms with Gasteiger partial charge in [-0.3, -0.25) is 0 Å². The second-order valence-electron chi connectivity index (χ2n) is 4.69. The van der Waals surface area contributed by atoms with E-state index >= 15 is 0 Å². The molecule has 4 heteroatoms. The molecule has 4 nitrogen and oxygen atoms in total. The number of nitrogens with one attached hydrogen (secondary N) is 1. The van der Waals surface area contributed by atoms with Crippen LogP contribution in [0.3, 0.4) is 0 Å². The molecule has 0 saturated heterocycles. The van der Waals surface area contributed by atoms with Crippen molar-refractivity contribution < 1.29 is 9.53 Å². The molecule has 0 spiro atoms. The minimum Gasteiger partial charge on any atom is -0.465 e. The van der Waals surface area contributed by atoms with E-state index in [1.54, 1.807) is 24.3 Å². The van der Waals surface area contributed by atoms with Crippen LogP contribution in [0.2, 0.25) is 0 Å². The van der Waals surface area contributed by atoms with Crippen LogP contribution in [0.25, 0.3) is 0 Å². The summed E-state index contributed by atoms with van der Waals surface area (Å²) in [5, 5.41) is 12.5. The average Bonchev–Trinajstić information content (AvgIpc) is 2.54. The highest BCUT2D eigenvalue weighted by Gasteiger charge is 2.12. The van der Waals surface area contributed by atoms with Gasteiger partial charge in [0.1, 0.15) is 6.04 Å². The number of carbonyl (C=O) groups excluding carboxylic acids is 1. The predicted octanol–water partition coefficient (Wildman–Crippen LogP) is 3.46. The van der Waals surface area contributed by atoms with Gasteiger partial charge < -0.3 is 10.1 Å². The minimum absolute atomic E-state index is 0.387. The molecule has 0 aliphatic carbocycles. The summed E-state index contributed by atoms with van der Waals surface area (Å²) < 4.78 is 4.65. The van der Waals surface area contributed by atoms with Crippen LogP contribution in [0, 0.1) is 18.3 Å². The van der Waals surface area contributed by atoms with Crippen LogP contribution in [-0.4, -0.2) is 13.1 Å². The van der Waals surface area contributed by atoms with E-state index in [-0.39, 0.29) is 5.97 Å². The molecule has 21 heavy (non-hydrogen) atoms. The molecule has 2 aromatic carbocycles. The molecule has 2 rings (SSSR count). The summed E-state index contributed by atoms with van der Waals surface area (Å²) in [6, 6.07) is 16.4. The Kier molecular flexibility index (Phi) is 4.57. The average molecular weight is 280 g/mol. The third-order valence-corrected chi connectivity index (χ3v) is 3.16. The Balaban J connectivity index is 2.16. The van der Waals surface area contributed by atoms with E-state index in [1.165, 1.54) is 7.11 Å². The van der Waals surface area contributed by atoms with Crippen molar-refractivity contribution in [2.75, 3.05) is 12.4 Å². The molecule has 0 radical (unpaired) electrons. The van der Waals surface area contributed by atoms with Crippen molar-refractivity contribution in [1.82, 2.24) is 0 Å². The lowest BCUT2D eigenvalue weighted by atomic mass is 10.1. The molecule has 0 aromatic heterocycles. The largest absolute Gasteiger partial charge is 0.465 e. The SMILES string of the molecule is COC(=O)c1ccc(C(C#N)Nc2ccc(C)cc2)cc1. The van der Waals surface area contributed by atoms with Crippen molar-refractivity contribution in [2.45, 2.75) is 13.0 Å². The quantitative estimate of drug-likeness (QED) is 0.871. The maximum absolute atomic E-state index is 11.4. The first-order chi connectivity index (χ1) is 10.1. The lowest BCUT2D eigenvalue weighted by molar-refractivity contribution is 0.0600. The van der Waals surface area contributed by atoms with Gasteiger partial charge in [-0.2, -0.15) is 5.26 Å². The van der Waals surface area contributed by atoms with Gasteiger partial charge in [-0.05, 0) is 36.8 Å². The van der Waals surface area contributed by atoms with Crippen molar-refractivity contribution in [3.05, 3.63) is 65.2 Å². The number of anilines is 1. The van der Waals surface area contributed by atoms with Gasteiger partial charge in [0.25, 0.3) is 0 Å². The summed E-state index contributed by atoms with van der Waals surface area (Å²) in [7, 11) is 1.34. The highest BCUT2D eigenvalue weighted by Crippen LogP contribution is 2.20. The molecule has 0 saturated carbocycles. The first kappa shape index (κ1) is 14.6. The molecular formula is C17H16N2O2. The summed E-state index contributed by atoms with van der Waals surface area (Å²) in [6.07, 6.45) is 0. The summed E-state index contributed by atoms with van der Waals surface area (Å²) in [4.78, 5) is 11.4. The van der Waals surface area contributed by atoms with E-state index in [9.17, 15) is 10.1 Å². The van der Waals surface area contributed by atoms with Crippen LogP contribution >= 0.6 is 0 Å². The van der Waals surface area contributed by atoms with E-state index in [2.05, 4.69) is 16.1 Å². The molecule has 1 unspecified atom stereocenters. The van der Waals surface area contributed by atoms with Gasteiger partial charge in [0, 0.05) is 5.69 Å². The molecule has 1 N–H and O–H groups in total. The van der Waals surface area contributed by atoms with Crippen molar-refractivity contribution >= 4 is 11.7 Å². The third-order valence-electron chi connectivity index (χ3n) is 3.16. The van der Waals surface area contributed by atoms with Gasteiger partial charge in [-0.1, -0.05) is 29.8 Å². The molecule has 0 aliphatic rings. The van der Waals surface area contributed by atoms with Gasteiger partial charge in [-0.25, -0.2) is 4.79 Å². The number of hydrogen-bond acceptors (Lipinski definition) is 4. The van der Waals surface area contributed by atoms with Crippen LogP contribution in [-0.2, 0) is 4.74 Å². The number of methoxy groups -OCH3 is 1. The molecule has 0 fully saturated rings. The topological polar surface area (TPSA) is 62.1 Å². The minimum atomic E-state index is -0.473. The lowest BCUT2D eigenvalue weighted by Gasteiger charge is -2.14. The van der Waals surface area contributed by atoms with Crippen molar-refractivity contribution in [2.24, 2.45) is 0 Å². The molecule has 0 amide bonds. The van der Waals surface area contributed by atoms with Gasteiger partial charge in [0.2, 0.25) is 0 Å². The Morgan fingerprint density at radius 3 is 2.29 bits per heavy atom. The number of rotatable bonds is 4. The first-order valence-electron chi connectivity index (χ1n) is 6.55. The Hall–Kier alpha value is -2.80. The van der Waals surface area contributed by atoms with Crippen LogP contribution in [0.4, 0.5) is 5.69 Å². The molecule has 1 atom stereocenters. The summed E-state index contributed by atoms with van der Waals surface area (Å²) in [5.41, 5.74) is 3.31. The van der Waals surface area contributed by atoms with Crippen LogP contribution in [0.15, 0.2) is 48.5 Å². The fourth-order valence-electron chi connectivity index (χ4n) is 1.94. The third kappa shape index (κ3) is 3.61. The van der Waals surface area contributed by atoms with Crippen LogP contribution in [0.5, 0.6) is 0 Å². The zero-order valence-electron chi connectivity index (χ0n) is 12.0. The number of carbonyl (C=O) groups is 1. The highest BCUT2D eigenvalue weighted by molar-refractivity contribution is 5.89. The van der Waals surface area contributed by atoms with E-state index in [4.69, 9.17) is 0 Å². The molecule has 0 aliphatic heterocycles. The first-order valence-corrected chi connectivity index (χ1v) is 6.55. The monoisotopic (exact) mass is 280 g/mol. The zero-order chi connectivity index (χ0) is 15.2. The Labute approximate surface area is 124 Å². The van der Waals surface area contributed by atoms with Crippen LogP contribution < -0.4 is 5.32 Å². The van der Waals surface area contributed by atoms with E-state index in [0.29, 0.717) is 5.56 Å². The number of esters is 1. The highest BCUT2D eigenvalue weighted by atomic mass is 16.5. The molecule has 2 aromatic rings. The lowest BCUT2D eigenvalue weighted by Crippen LogP contribution is -2.09. The second kappa shape index (κ2) is 6.58. The maximum atomic E-state index is 11.4. The molecule has 106 valence electrons. The Morgan fingerprint density at radius 2 is 1.76 bits per heavy atom. The Bertz CT molecular complexity index is 655. The van der Waals surface area contributed by atoms with Gasteiger partial charge in [0.15, 0.2) is 0 Å². The number of hydrogen-bond donors (Lipinski definition) is 1. The number of nitrogens with zero attached hydrogens (tertiary/aromatic N) is 1. The fraction of sp³-hybridized carbons (Fsp3) is 0.176.